The molecule has 8 heteroatoms. The van der Waals surface area contributed by atoms with Gasteiger partial charge in [-0.05, 0) is 82.2 Å². The van der Waals surface area contributed by atoms with Crippen LogP contribution in [0.1, 0.15) is 0 Å². The number of rotatable bonds is 8. The highest BCUT2D eigenvalue weighted by Crippen LogP contribution is 2.49. The molecule has 0 saturated heterocycles. The lowest BCUT2D eigenvalue weighted by atomic mass is 9.91. The summed E-state index contributed by atoms with van der Waals surface area (Å²) >= 11 is 0. The number of hydrogen-bond acceptors (Lipinski definition) is 2. The minimum atomic E-state index is -0.904. The summed E-state index contributed by atoms with van der Waals surface area (Å²) in [5.41, 5.74) is 2.09. The van der Waals surface area contributed by atoms with E-state index in [1.807, 2.05) is 109 Å². The van der Waals surface area contributed by atoms with Gasteiger partial charge in [0.05, 0.1) is 22.7 Å². The molecule has 0 radical (unpaired) electrons. The average Bonchev–Trinajstić information content (AvgIpc) is 3.26. The third-order valence-electron chi connectivity index (χ3n) is 11.0. The Bertz CT molecular complexity index is 3020. The molecule has 10 rings (SSSR count). The topological polar surface area (TPSA) is 6.48 Å². The fourth-order valence-corrected chi connectivity index (χ4v) is 8.32. The Morgan fingerprint density at radius 2 is 0.633 bits per heavy atom. The van der Waals surface area contributed by atoms with Gasteiger partial charge in [-0.25, -0.2) is 26.3 Å². The quantitative estimate of drug-likeness (QED) is 0.112. The molecule has 60 heavy (non-hydrogen) atoms. The molecular weight excluding hydrogens is 767 g/mol. The summed E-state index contributed by atoms with van der Waals surface area (Å²) in [6.07, 6.45) is 0. The van der Waals surface area contributed by atoms with Crippen LogP contribution in [0.5, 0.6) is 0 Å². The van der Waals surface area contributed by atoms with E-state index in [1.54, 1.807) is 21.9 Å². The molecule has 0 aliphatic carbocycles. The van der Waals surface area contributed by atoms with E-state index >= 15 is 26.3 Å². The molecule has 0 amide bonds. The fraction of sp³-hybridized carbons (Fsp3) is 0. The van der Waals surface area contributed by atoms with Crippen molar-refractivity contribution in [3.05, 3.63) is 217 Å². The fourth-order valence-electron chi connectivity index (χ4n) is 8.32. The molecule has 0 fully saturated rings. The van der Waals surface area contributed by atoms with E-state index in [4.69, 9.17) is 0 Å². The average molecular weight is 797 g/mol. The Morgan fingerprint density at radius 1 is 0.267 bits per heavy atom. The van der Waals surface area contributed by atoms with Gasteiger partial charge in [0, 0.05) is 56.5 Å². The van der Waals surface area contributed by atoms with Gasteiger partial charge in [-0.2, -0.15) is 0 Å². The van der Waals surface area contributed by atoms with Crippen molar-refractivity contribution in [3.8, 4) is 22.3 Å². The number of anilines is 6. The summed E-state index contributed by atoms with van der Waals surface area (Å²) < 4.78 is 93.8. The van der Waals surface area contributed by atoms with Crippen molar-refractivity contribution < 1.29 is 26.3 Å². The van der Waals surface area contributed by atoms with Crippen molar-refractivity contribution in [1.29, 1.82) is 0 Å². The van der Waals surface area contributed by atoms with Crippen molar-refractivity contribution in [1.82, 2.24) is 0 Å². The first kappa shape index (κ1) is 36.7. The summed E-state index contributed by atoms with van der Waals surface area (Å²) in [4.78, 5) is 3.39. The SMILES string of the molecule is Fc1ccccc1-c1cc(N(c2ccccc2)c2ccc3ccc4c(N(c5ccccc5)c5cc(-c6ccccc6F)c(F)cc5F)ccc5ccc2c3c54)c(F)cc1F. The summed E-state index contributed by atoms with van der Waals surface area (Å²) in [5.74, 6) is -4.80. The smallest absolute Gasteiger partial charge is 0.150 e. The molecular formula is C52H30F6N2. The number of hydrogen-bond donors (Lipinski definition) is 0. The van der Waals surface area contributed by atoms with E-state index in [0.29, 0.717) is 22.7 Å². The minimum absolute atomic E-state index is 0.00395. The second-order valence-corrected chi connectivity index (χ2v) is 14.5. The van der Waals surface area contributed by atoms with E-state index < -0.39 is 34.9 Å². The highest BCUT2D eigenvalue weighted by atomic mass is 19.2. The van der Waals surface area contributed by atoms with E-state index in [0.717, 1.165) is 44.5 Å². The predicted octanol–water partition coefficient (Wildman–Crippen LogP) is 15.7. The molecule has 10 aromatic carbocycles. The Morgan fingerprint density at radius 3 is 1.03 bits per heavy atom. The molecule has 0 aliphatic heterocycles. The number of nitrogens with zero attached hydrogens (tertiary/aromatic N) is 2. The summed E-state index contributed by atoms with van der Waals surface area (Å²) in [6, 6.07) is 49.3. The molecule has 0 bridgehead atoms. The lowest BCUT2D eigenvalue weighted by molar-refractivity contribution is 0.583. The van der Waals surface area contributed by atoms with Gasteiger partial charge in [0.25, 0.3) is 0 Å². The maximum atomic E-state index is 16.3. The van der Waals surface area contributed by atoms with E-state index in [-0.39, 0.29) is 33.6 Å². The third-order valence-corrected chi connectivity index (χ3v) is 11.0. The van der Waals surface area contributed by atoms with Gasteiger partial charge in [-0.3, -0.25) is 0 Å². The number of benzene rings is 10. The van der Waals surface area contributed by atoms with Crippen LogP contribution in [-0.2, 0) is 0 Å². The van der Waals surface area contributed by atoms with Crippen LogP contribution < -0.4 is 9.80 Å². The van der Waals surface area contributed by atoms with Gasteiger partial charge in [0.15, 0.2) is 0 Å². The number of halogens is 6. The van der Waals surface area contributed by atoms with Crippen LogP contribution >= 0.6 is 0 Å². The second-order valence-electron chi connectivity index (χ2n) is 14.5. The van der Waals surface area contributed by atoms with Crippen LogP contribution in [0, 0.1) is 34.9 Å². The van der Waals surface area contributed by atoms with Crippen molar-refractivity contribution in [3.63, 3.8) is 0 Å². The predicted molar refractivity (Wildman–Crippen MR) is 230 cm³/mol. The molecule has 0 aliphatic rings. The molecule has 2 nitrogen and oxygen atoms in total. The first-order valence-corrected chi connectivity index (χ1v) is 19.2. The van der Waals surface area contributed by atoms with E-state index in [1.165, 1.54) is 48.5 Å². The van der Waals surface area contributed by atoms with Gasteiger partial charge < -0.3 is 9.80 Å². The Balaban J connectivity index is 1.23. The summed E-state index contributed by atoms with van der Waals surface area (Å²) in [6.45, 7) is 0. The summed E-state index contributed by atoms with van der Waals surface area (Å²) in [7, 11) is 0. The van der Waals surface area contributed by atoms with E-state index in [9.17, 15) is 0 Å². The van der Waals surface area contributed by atoms with Crippen LogP contribution in [-0.4, -0.2) is 0 Å². The molecule has 10 aromatic rings. The second kappa shape index (κ2) is 14.7. The monoisotopic (exact) mass is 796 g/mol. The van der Waals surface area contributed by atoms with Gasteiger partial charge >= 0.3 is 0 Å². The van der Waals surface area contributed by atoms with Crippen LogP contribution in [0.15, 0.2) is 182 Å². The van der Waals surface area contributed by atoms with Gasteiger partial charge in [-0.1, -0.05) is 109 Å². The lowest BCUT2D eigenvalue weighted by Crippen LogP contribution is -2.14. The van der Waals surface area contributed by atoms with Crippen LogP contribution in [0.3, 0.4) is 0 Å². The van der Waals surface area contributed by atoms with Crippen LogP contribution in [0.25, 0.3) is 54.6 Å². The first-order valence-electron chi connectivity index (χ1n) is 19.2. The maximum Gasteiger partial charge on any atom is 0.150 e. The van der Waals surface area contributed by atoms with Crippen LogP contribution in [0.4, 0.5) is 60.5 Å². The molecule has 0 aromatic heterocycles. The standard InChI is InChI=1S/C52H30F6N2/c53-41-17-9-7-15-35(41)39-27-49(45(57)29-43(39)55)59(33-11-3-1-4-12-33)47-25-21-31-20-24-38-48(26-22-32-19-23-37(47)51(31)52(32)38)60(34-13-5-2-6-14-34)50-28-40(44(56)30-46(50)58)36-16-8-10-18-42(36)54/h1-30H. The highest BCUT2D eigenvalue weighted by Gasteiger charge is 2.26. The zero-order valence-corrected chi connectivity index (χ0v) is 31.5. The minimum Gasteiger partial charge on any atom is -0.307 e. The number of para-hydroxylation sites is 2. The molecule has 0 saturated carbocycles. The lowest BCUT2D eigenvalue weighted by Gasteiger charge is -2.30. The van der Waals surface area contributed by atoms with Gasteiger partial charge in [-0.15, -0.1) is 0 Å². The summed E-state index contributed by atoms with van der Waals surface area (Å²) in [5, 5.41) is 4.82. The Hall–Kier alpha value is -7.58. The van der Waals surface area contributed by atoms with Crippen molar-refractivity contribution >= 4 is 66.4 Å². The van der Waals surface area contributed by atoms with Crippen molar-refractivity contribution in [2.75, 3.05) is 9.80 Å². The maximum absolute atomic E-state index is 16.3. The third kappa shape index (κ3) is 6.07. The first-order chi connectivity index (χ1) is 29.3. The van der Waals surface area contributed by atoms with Gasteiger partial charge in [0.1, 0.15) is 34.9 Å². The van der Waals surface area contributed by atoms with Crippen molar-refractivity contribution in [2.45, 2.75) is 0 Å². The molecule has 0 unspecified atom stereocenters. The zero-order chi connectivity index (χ0) is 41.1. The molecule has 0 N–H and O–H groups in total. The molecule has 0 heterocycles. The Labute approximate surface area is 340 Å². The molecule has 0 spiro atoms. The van der Waals surface area contributed by atoms with E-state index in [2.05, 4.69) is 0 Å². The largest absolute Gasteiger partial charge is 0.307 e. The van der Waals surface area contributed by atoms with Crippen LogP contribution in [0.2, 0.25) is 0 Å². The normalized spacial score (nSPS) is 11.5. The zero-order valence-electron chi connectivity index (χ0n) is 31.5. The highest BCUT2D eigenvalue weighted by molar-refractivity contribution is 6.28. The molecule has 0 atom stereocenters. The van der Waals surface area contributed by atoms with Gasteiger partial charge in [0.2, 0.25) is 0 Å². The van der Waals surface area contributed by atoms with Crippen molar-refractivity contribution in [2.24, 2.45) is 0 Å². The Kier molecular flexibility index (Phi) is 8.98. The molecule has 290 valence electrons.